The van der Waals surface area contributed by atoms with E-state index in [0.717, 1.165) is 6.42 Å². The van der Waals surface area contributed by atoms with Gasteiger partial charge in [-0.05, 0) is 32.3 Å². The van der Waals surface area contributed by atoms with Gasteiger partial charge < -0.3 is 30.8 Å². The number of aliphatic imine (C=N–C) groups is 1. The van der Waals surface area contributed by atoms with Gasteiger partial charge >= 0.3 is 5.97 Å². The van der Waals surface area contributed by atoms with E-state index in [1.807, 2.05) is 20.8 Å². The Hall–Kier alpha value is -1.64. The highest BCUT2D eigenvalue weighted by atomic mass is 16.6. The van der Waals surface area contributed by atoms with E-state index in [0.29, 0.717) is 12.0 Å². The number of guanidine groups is 1. The fourth-order valence-corrected chi connectivity index (χ4v) is 1.65. The molecule has 0 aromatic rings. The molecule has 0 aromatic heterocycles. The second kappa shape index (κ2) is 11.8. The van der Waals surface area contributed by atoms with Gasteiger partial charge in [-0.15, -0.1) is 0 Å². The van der Waals surface area contributed by atoms with Crippen LogP contribution in [0.3, 0.4) is 0 Å². The Kier molecular flexibility index (Phi) is 11.1. The molecule has 25 heavy (non-hydrogen) atoms. The maximum Gasteiger partial charge on any atom is 0.316 e. The van der Waals surface area contributed by atoms with Crippen molar-refractivity contribution in [1.29, 1.82) is 0 Å². The summed E-state index contributed by atoms with van der Waals surface area (Å²) in [5.74, 6) is -0.570. The molecule has 0 aromatic carbocycles. The molecule has 0 spiro atoms. The third-order valence-electron chi connectivity index (χ3n) is 3.74. The van der Waals surface area contributed by atoms with E-state index in [4.69, 9.17) is 25.7 Å². The number of ether oxygens (including phenoxy) is 3. The van der Waals surface area contributed by atoms with Gasteiger partial charge in [-0.25, -0.2) is 0 Å². The Balaban J connectivity index is 4.82. The number of esters is 1. The van der Waals surface area contributed by atoms with Crippen LogP contribution in [0.15, 0.2) is 17.1 Å². The van der Waals surface area contributed by atoms with Crippen LogP contribution in [-0.4, -0.2) is 55.8 Å². The standard InChI is InChI=1S/C17H33N3O5/c1-6-12(3)14(21)25-11-17(5,10-24-13(4)7-2)15(22)23-9-8-20-16(18)19/h13-14,21H,3,6-11H2,1-2,4-5H3,(H4,18,19,20). The highest BCUT2D eigenvalue weighted by Gasteiger charge is 2.37. The lowest BCUT2D eigenvalue weighted by atomic mass is 9.93. The molecule has 0 rings (SSSR count). The molecule has 3 atom stereocenters. The SMILES string of the molecule is C=C(CC)C(O)OCC(C)(COC(C)CC)C(=O)OCCN=C(N)N. The van der Waals surface area contributed by atoms with Crippen LogP contribution in [0.1, 0.15) is 40.5 Å². The number of carbonyl (C=O) groups excluding carboxylic acids is 1. The zero-order valence-corrected chi connectivity index (χ0v) is 15.8. The van der Waals surface area contributed by atoms with Crippen LogP contribution in [0, 0.1) is 5.41 Å². The van der Waals surface area contributed by atoms with Gasteiger partial charge in [0.05, 0.1) is 25.9 Å². The van der Waals surface area contributed by atoms with E-state index in [-0.39, 0.29) is 38.4 Å². The summed E-state index contributed by atoms with van der Waals surface area (Å²) >= 11 is 0. The quantitative estimate of drug-likeness (QED) is 0.111. The minimum Gasteiger partial charge on any atom is -0.463 e. The first kappa shape index (κ1) is 23.4. The fraction of sp³-hybridized carbons (Fsp3) is 0.765. The summed E-state index contributed by atoms with van der Waals surface area (Å²) in [6.07, 6.45) is 0.238. The molecular weight excluding hydrogens is 326 g/mol. The molecule has 0 saturated carbocycles. The van der Waals surface area contributed by atoms with Crippen molar-refractivity contribution in [2.24, 2.45) is 21.9 Å². The summed E-state index contributed by atoms with van der Waals surface area (Å²) in [5, 5.41) is 9.90. The lowest BCUT2D eigenvalue weighted by Gasteiger charge is -2.29. The predicted octanol–water partition coefficient (Wildman–Crippen LogP) is 0.926. The van der Waals surface area contributed by atoms with E-state index < -0.39 is 17.7 Å². The molecule has 0 heterocycles. The zero-order valence-electron chi connectivity index (χ0n) is 15.8. The number of aliphatic hydroxyl groups is 1. The Labute approximate surface area is 150 Å². The monoisotopic (exact) mass is 359 g/mol. The summed E-state index contributed by atoms with van der Waals surface area (Å²) in [7, 11) is 0. The van der Waals surface area contributed by atoms with Gasteiger partial charge in [-0.1, -0.05) is 20.4 Å². The van der Waals surface area contributed by atoms with E-state index in [1.54, 1.807) is 6.92 Å². The number of carbonyl (C=O) groups is 1. The summed E-state index contributed by atoms with van der Waals surface area (Å²) in [4.78, 5) is 16.2. The average Bonchev–Trinajstić information content (AvgIpc) is 2.59. The minimum atomic E-state index is -1.14. The molecule has 3 unspecified atom stereocenters. The second-order valence-electron chi connectivity index (χ2n) is 6.21. The highest BCUT2D eigenvalue weighted by molar-refractivity contribution is 5.77. The first-order valence-electron chi connectivity index (χ1n) is 8.47. The summed E-state index contributed by atoms with van der Waals surface area (Å²) in [6.45, 7) is 11.4. The fourth-order valence-electron chi connectivity index (χ4n) is 1.65. The lowest BCUT2D eigenvalue weighted by molar-refractivity contribution is -0.173. The summed E-state index contributed by atoms with van der Waals surface area (Å²) < 4.78 is 16.3. The van der Waals surface area contributed by atoms with Gasteiger partial charge in [0.1, 0.15) is 12.0 Å². The molecule has 0 saturated heterocycles. The predicted molar refractivity (Wildman–Crippen MR) is 96.8 cm³/mol. The Morgan fingerprint density at radius 3 is 2.40 bits per heavy atom. The molecule has 5 N–H and O–H groups in total. The minimum absolute atomic E-state index is 0.00991. The lowest BCUT2D eigenvalue weighted by Crippen LogP contribution is -2.41. The Bertz CT molecular complexity index is 452. The average molecular weight is 359 g/mol. The van der Waals surface area contributed by atoms with Crippen molar-refractivity contribution >= 4 is 11.9 Å². The first-order chi connectivity index (χ1) is 11.7. The maximum absolute atomic E-state index is 12.5. The molecular formula is C17H33N3O5. The molecule has 0 fully saturated rings. The van der Waals surface area contributed by atoms with Gasteiger partial charge in [0, 0.05) is 0 Å². The van der Waals surface area contributed by atoms with Crippen molar-refractivity contribution in [2.45, 2.75) is 52.9 Å². The molecule has 0 aliphatic heterocycles. The van der Waals surface area contributed by atoms with Gasteiger partial charge in [-0.2, -0.15) is 0 Å². The molecule has 0 bridgehead atoms. The van der Waals surface area contributed by atoms with Crippen molar-refractivity contribution in [3.8, 4) is 0 Å². The number of hydrogen-bond acceptors (Lipinski definition) is 6. The first-order valence-corrected chi connectivity index (χ1v) is 8.47. The molecule has 8 nitrogen and oxygen atoms in total. The van der Waals surface area contributed by atoms with Gasteiger partial charge in [0.2, 0.25) is 0 Å². The summed E-state index contributed by atoms with van der Waals surface area (Å²) in [6, 6.07) is 0. The van der Waals surface area contributed by atoms with Crippen molar-refractivity contribution in [3.63, 3.8) is 0 Å². The third-order valence-corrected chi connectivity index (χ3v) is 3.74. The van der Waals surface area contributed by atoms with Crippen molar-refractivity contribution in [2.75, 3.05) is 26.4 Å². The third kappa shape index (κ3) is 9.42. The van der Waals surface area contributed by atoms with Gasteiger partial charge in [-0.3, -0.25) is 9.79 Å². The maximum atomic E-state index is 12.5. The largest absolute Gasteiger partial charge is 0.463 e. The van der Waals surface area contributed by atoms with E-state index in [1.165, 1.54) is 0 Å². The molecule has 0 aliphatic rings. The van der Waals surface area contributed by atoms with E-state index >= 15 is 0 Å². The van der Waals surface area contributed by atoms with Crippen LogP contribution >= 0.6 is 0 Å². The number of aliphatic hydroxyl groups excluding tert-OH is 1. The molecule has 0 radical (unpaired) electrons. The number of rotatable bonds is 13. The van der Waals surface area contributed by atoms with E-state index in [2.05, 4.69) is 11.6 Å². The van der Waals surface area contributed by atoms with Crippen molar-refractivity contribution in [3.05, 3.63) is 12.2 Å². The van der Waals surface area contributed by atoms with E-state index in [9.17, 15) is 9.90 Å². The van der Waals surface area contributed by atoms with Gasteiger partial charge in [0.25, 0.3) is 0 Å². The second-order valence-corrected chi connectivity index (χ2v) is 6.21. The smallest absolute Gasteiger partial charge is 0.316 e. The van der Waals surface area contributed by atoms with Crippen LogP contribution in [0.25, 0.3) is 0 Å². The highest BCUT2D eigenvalue weighted by Crippen LogP contribution is 2.23. The van der Waals surface area contributed by atoms with Crippen LogP contribution in [-0.2, 0) is 19.0 Å². The topological polar surface area (TPSA) is 129 Å². The zero-order chi connectivity index (χ0) is 19.5. The number of nitrogens with zero attached hydrogens (tertiary/aromatic N) is 1. The molecule has 146 valence electrons. The van der Waals surface area contributed by atoms with Crippen LogP contribution < -0.4 is 11.5 Å². The Morgan fingerprint density at radius 1 is 1.28 bits per heavy atom. The van der Waals surface area contributed by atoms with Gasteiger partial charge in [0.15, 0.2) is 12.2 Å². The normalized spacial score (nSPS) is 15.7. The molecule has 8 heteroatoms. The number of nitrogens with two attached hydrogens (primary N) is 2. The van der Waals surface area contributed by atoms with Crippen LogP contribution in [0.4, 0.5) is 0 Å². The Morgan fingerprint density at radius 2 is 1.88 bits per heavy atom. The van der Waals surface area contributed by atoms with Crippen molar-refractivity contribution in [1.82, 2.24) is 0 Å². The molecule has 0 aliphatic carbocycles. The summed E-state index contributed by atoms with van der Waals surface area (Å²) in [5.41, 5.74) is 9.91. The van der Waals surface area contributed by atoms with Crippen LogP contribution in [0.5, 0.6) is 0 Å². The molecule has 0 amide bonds. The van der Waals surface area contributed by atoms with Crippen molar-refractivity contribution < 1.29 is 24.1 Å². The number of hydrogen-bond donors (Lipinski definition) is 3. The van der Waals surface area contributed by atoms with Crippen LogP contribution in [0.2, 0.25) is 0 Å².